The maximum atomic E-state index is 12.7. The van der Waals surface area contributed by atoms with Gasteiger partial charge in [-0.2, -0.15) is 0 Å². The highest BCUT2D eigenvalue weighted by molar-refractivity contribution is 7.99. The van der Waals surface area contributed by atoms with E-state index in [4.69, 9.17) is 14.2 Å². The van der Waals surface area contributed by atoms with Crippen LogP contribution in [0.25, 0.3) is 5.69 Å². The Labute approximate surface area is 208 Å². The lowest BCUT2D eigenvalue weighted by Crippen LogP contribution is -2.15. The standard InChI is InChI=1S/C26H26N4O4S/c1-18-9-12-20(13-10-18)30-24(16-34-21-7-5-4-6-8-21)28-29-26(30)35-17-25(31)27-19-11-14-22(32-2)23(15-19)33-3/h4-15H,16-17H2,1-3H3,(H,27,31). The lowest BCUT2D eigenvalue weighted by Gasteiger charge is -2.12. The Morgan fingerprint density at radius 3 is 2.40 bits per heavy atom. The van der Waals surface area contributed by atoms with Crippen molar-refractivity contribution in [3.05, 3.63) is 84.2 Å². The van der Waals surface area contributed by atoms with Gasteiger partial charge in [-0.3, -0.25) is 9.36 Å². The zero-order valence-corrected chi connectivity index (χ0v) is 20.5. The second kappa shape index (κ2) is 11.4. The summed E-state index contributed by atoms with van der Waals surface area (Å²) in [5.41, 5.74) is 2.66. The number of benzene rings is 3. The molecule has 0 aliphatic carbocycles. The summed E-state index contributed by atoms with van der Waals surface area (Å²) in [6.07, 6.45) is 0. The van der Waals surface area contributed by atoms with Gasteiger partial charge in [0.15, 0.2) is 22.5 Å². The fourth-order valence-corrected chi connectivity index (χ4v) is 4.12. The maximum absolute atomic E-state index is 12.7. The molecule has 0 saturated heterocycles. The Morgan fingerprint density at radius 2 is 1.69 bits per heavy atom. The second-order valence-corrected chi connectivity index (χ2v) is 8.52. The number of carbonyl (C=O) groups excluding carboxylic acids is 1. The summed E-state index contributed by atoms with van der Waals surface area (Å²) in [6.45, 7) is 2.27. The first-order chi connectivity index (χ1) is 17.1. The third-order valence-corrected chi connectivity index (χ3v) is 6.03. The topological polar surface area (TPSA) is 87.5 Å². The fourth-order valence-electron chi connectivity index (χ4n) is 3.35. The van der Waals surface area contributed by atoms with Gasteiger partial charge in [0.1, 0.15) is 12.4 Å². The molecule has 0 radical (unpaired) electrons. The molecule has 1 heterocycles. The van der Waals surface area contributed by atoms with Crippen LogP contribution in [0.3, 0.4) is 0 Å². The van der Waals surface area contributed by atoms with Crippen molar-refractivity contribution in [3.63, 3.8) is 0 Å². The van der Waals surface area contributed by atoms with Gasteiger partial charge in [-0.15, -0.1) is 10.2 Å². The molecule has 0 bridgehead atoms. The number of nitrogens with one attached hydrogen (secondary N) is 1. The predicted molar refractivity (Wildman–Crippen MR) is 136 cm³/mol. The second-order valence-electron chi connectivity index (χ2n) is 7.58. The van der Waals surface area contributed by atoms with Gasteiger partial charge in [0.2, 0.25) is 5.91 Å². The van der Waals surface area contributed by atoms with Crippen LogP contribution in [0.4, 0.5) is 5.69 Å². The quantitative estimate of drug-likeness (QED) is 0.316. The number of ether oxygens (including phenoxy) is 3. The Kier molecular flexibility index (Phi) is 7.89. The van der Waals surface area contributed by atoms with Crippen LogP contribution in [-0.4, -0.2) is 40.6 Å². The van der Waals surface area contributed by atoms with Gasteiger partial charge in [0.25, 0.3) is 0 Å². The summed E-state index contributed by atoms with van der Waals surface area (Å²) < 4.78 is 18.4. The number of hydrogen-bond acceptors (Lipinski definition) is 7. The third kappa shape index (κ3) is 6.13. The zero-order chi connectivity index (χ0) is 24.6. The van der Waals surface area contributed by atoms with E-state index in [1.54, 1.807) is 32.4 Å². The highest BCUT2D eigenvalue weighted by Crippen LogP contribution is 2.30. The molecule has 9 heteroatoms. The summed E-state index contributed by atoms with van der Waals surface area (Å²) in [6, 6.07) is 22.8. The molecular weight excluding hydrogens is 464 g/mol. The summed E-state index contributed by atoms with van der Waals surface area (Å²) in [5.74, 6) is 2.49. The molecule has 1 aromatic heterocycles. The van der Waals surface area contributed by atoms with Gasteiger partial charge < -0.3 is 19.5 Å². The van der Waals surface area contributed by atoms with Gasteiger partial charge in [-0.25, -0.2) is 0 Å². The minimum absolute atomic E-state index is 0.151. The van der Waals surface area contributed by atoms with Crippen molar-refractivity contribution >= 4 is 23.4 Å². The van der Waals surface area contributed by atoms with Crippen LogP contribution in [0.1, 0.15) is 11.4 Å². The lowest BCUT2D eigenvalue weighted by molar-refractivity contribution is -0.113. The first kappa shape index (κ1) is 24.2. The van der Waals surface area contributed by atoms with Gasteiger partial charge in [0, 0.05) is 17.4 Å². The summed E-state index contributed by atoms with van der Waals surface area (Å²) in [5, 5.41) is 12.2. The molecule has 0 spiro atoms. The van der Waals surface area contributed by atoms with Crippen molar-refractivity contribution in [2.24, 2.45) is 0 Å². The number of para-hydroxylation sites is 1. The Balaban J connectivity index is 1.49. The molecule has 35 heavy (non-hydrogen) atoms. The third-order valence-electron chi connectivity index (χ3n) is 5.10. The summed E-state index contributed by atoms with van der Waals surface area (Å²) in [7, 11) is 3.12. The first-order valence-electron chi connectivity index (χ1n) is 10.9. The first-order valence-corrected chi connectivity index (χ1v) is 11.9. The van der Waals surface area contributed by atoms with Crippen LogP contribution in [0.15, 0.2) is 78.0 Å². The molecule has 0 saturated carbocycles. The van der Waals surface area contributed by atoms with Gasteiger partial charge in [-0.1, -0.05) is 47.7 Å². The number of nitrogens with zero attached hydrogens (tertiary/aromatic N) is 3. The zero-order valence-electron chi connectivity index (χ0n) is 19.7. The largest absolute Gasteiger partial charge is 0.493 e. The molecule has 1 N–H and O–H groups in total. The van der Waals surface area contributed by atoms with Gasteiger partial charge in [-0.05, 0) is 43.3 Å². The van der Waals surface area contributed by atoms with E-state index < -0.39 is 0 Å². The van der Waals surface area contributed by atoms with Crippen LogP contribution in [0.2, 0.25) is 0 Å². The van der Waals surface area contributed by atoms with Crippen LogP contribution in [-0.2, 0) is 11.4 Å². The molecule has 0 aliphatic heterocycles. The van der Waals surface area contributed by atoms with Crippen LogP contribution in [0, 0.1) is 6.92 Å². The number of aromatic nitrogens is 3. The van der Waals surface area contributed by atoms with Gasteiger partial charge in [0.05, 0.1) is 20.0 Å². The summed E-state index contributed by atoms with van der Waals surface area (Å²) in [4.78, 5) is 12.7. The Bertz CT molecular complexity index is 1280. The van der Waals surface area contributed by atoms with Crippen molar-refractivity contribution in [1.29, 1.82) is 0 Å². The molecule has 3 aromatic carbocycles. The number of amides is 1. The molecule has 4 rings (SSSR count). The van der Waals surface area contributed by atoms with Crippen molar-refractivity contribution in [2.45, 2.75) is 18.7 Å². The Morgan fingerprint density at radius 1 is 0.943 bits per heavy atom. The minimum atomic E-state index is -0.178. The molecule has 180 valence electrons. The number of rotatable bonds is 10. The summed E-state index contributed by atoms with van der Waals surface area (Å²) >= 11 is 1.30. The monoisotopic (exact) mass is 490 g/mol. The van der Waals surface area contributed by atoms with E-state index in [0.717, 1.165) is 17.0 Å². The van der Waals surface area contributed by atoms with Crippen molar-refractivity contribution in [3.8, 4) is 22.9 Å². The van der Waals surface area contributed by atoms with Crippen LogP contribution < -0.4 is 19.5 Å². The maximum Gasteiger partial charge on any atom is 0.234 e. The molecule has 1 amide bonds. The number of hydrogen-bond donors (Lipinski definition) is 1. The van der Waals surface area contributed by atoms with E-state index >= 15 is 0 Å². The molecular formula is C26H26N4O4S. The van der Waals surface area contributed by atoms with Crippen molar-refractivity contribution < 1.29 is 19.0 Å². The Hall–Kier alpha value is -3.98. The van der Waals surface area contributed by atoms with Gasteiger partial charge >= 0.3 is 0 Å². The molecule has 8 nitrogen and oxygen atoms in total. The number of anilines is 1. The van der Waals surface area contributed by atoms with E-state index in [0.29, 0.717) is 28.2 Å². The predicted octanol–water partition coefficient (Wildman–Crippen LogP) is 4.90. The molecule has 0 fully saturated rings. The lowest BCUT2D eigenvalue weighted by atomic mass is 10.2. The number of thioether (sulfide) groups is 1. The van der Waals surface area contributed by atoms with Crippen LogP contribution in [0.5, 0.6) is 17.2 Å². The average molecular weight is 491 g/mol. The molecule has 0 aliphatic rings. The number of methoxy groups -OCH3 is 2. The minimum Gasteiger partial charge on any atom is -0.493 e. The smallest absolute Gasteiger partial charge is 0.234 e. The van der Waals surface area contributed by atoms with Crippen molar-refractivity contribution in [1.82, 2.24) is 14.8 Å². The SMILES string of the molecule is COc1ccc(NC(=O)CSc2nnc(COc3ccccc3)n2-c2ccc(C)cc2)cc1OC. The van der Waals surface area contributed by atoms with E-state index in [2.05, 4.69) is 15.5 Å². The highest BCUT2D eigenvalue weighted by Gasteiger charge is 2.17. The number of carbonyl (C=O) groups is 1. The van der Waals surface area contributed by atoms with E-state index in [1.165, 1.54) is 11.8 Å². The fraction of sp³-hybridized carbons (Fsp3) is 0.192. The van der Waals surface area contributed by atoms with Crippen LogP contribution >= 0.6 is 11.8 Å². The normalized spacial score (nSPS) is 10.6. The molecule has 0 unspecified atom stereocenters. The van der Waals surface area contributed by atoms with E-state index in [-0.39, 0.29) is 18.3 Å². The average Bonchev–Trinajstić information content (AvgIpc) is 3.30. The number of aryl methyl sites for hydroxylation is 1. The highest BCUT2D eigenvalue weighted by atomic mass is 32.2. The van der Waals surface area contributed by atoms with Crippen molar-refractivity contribution in [2.75, 3.05) is 25.3 Å². The molecule has 0 atom stereocenters. The van der Waals surface area contributed by atoms with E-state index in [9.17, 15) is 4.79 Å². The van der Waals surface area contributed by atoms with E-state index in [1.807, 2.05) is 66.1 Å². The molecule has 4 aromatic rings.